The molecule has 8 aromatic carbocycles. The molecule has 0 N–H and O–H groups in total. The Balaban J connectivity index is 1.21. The largest absolute Gasteiger partial charge is 0.454 e. The van der Waals surface area contributed by atoms with Gasteiger partial charge in [-0.15, -0.1) is 11.3 Å². The highest BCUT2D eigenvalue weighted by Crippen LogP contribution is 2.49. The summed E-state index contributed by atoms with van der Waals surface area (Å²) in [6.45, 7) is 0. The monoisotopic (exact) mass is 723 g/mol. The Bertz CT molecular complexity index is 3450. The van der Waals surface area contributed by atoms with Crippen LogP contribution in [0.1, 0.15) is 0 Å². The Hall–Kier alpha value is -7.15. The Morgan fingerprint density at radius 1 is 0.473 bits per heavy atom. The second-order valence-corrected chi connectivity index (χ2v) is 15.0. The summed E-state index contributed by atoms with van der Waals surface area (Å²) in [6, 6.07) is 61.9. The quantitative estimate of drug-likeness (QED) is 0.177. The standard InChI is InChI=1S/C49H29N3O2S/c1-3-13-30(14-4-1)49-50-46-43(54-49)29-39-36-18-8-11-21-42(36)53-48(39)47(46)51(33-24-26-38-37-19-9-12-22-44(37)55-45(38)28-33)32-23-25-35-34-17-7-10-20-40(34)52(41(35)27-32)31-15-5-2-6-16-31/h1-29H. The van der Waals surface area contributed by atoms with E-state index in [4.69, 9.17) is 13.8 Å². The third kappa shape index (κ3) is 4.55. The van der Waals surface area contributed by atoms with E-state index in [-0.39, 0.29) is 0 Å². The number of aromatic nitrogens is 2. The van der Waals surface area contributed by atoms with E-state index >= 15 is 0 Å². The van der Waals surface area contributed by atoms with Gasteiger partial charge in [-0.2, -0.15) is 0 Å². The highest BCUT2D eigenvalue weighted by atomic mass is 32.1. The topological polar surface area (TPSA) is 47.3 Å². The van der Waals surface area contributed by atoms with Crippen molar-refractivity contribution in [2.75, 3.05) is 4.90 Å². The van der Waals surface area contributed by atoms with Crippen LogP contribution in [0.2, 0.25) is 0 Å². The van der Waals surface area contributed by atoms with Gasteiger partial charge in [0.25, 0.3) is 0 Å². The van der Waals surface area contributed by atoms with E-state index in [0.29, 0.717) is 11.5 Å². The van der Waals surface area contributed by atoms with E-state index in [1.165, 1.54) is 30.9 Å². The molecule has 55 heavy (non-hydrogen) atoms. The molecule has 12 rings (SSSR count). The van der Waals surface area contributed by atoms with Gasteiger partial charge in [0, 0.05) is 64.3 Å². The smallest absolute Gasteiger partial charge is 0.227 e. The van der Waals surface area contributed by atoms with Gasteiger partial charge in [0.05, 0.1) is 11.0 Å². The zero-order valence-corrected chi connectivity index (χ0v) is 30.1. The van der Waals surface area contributed by atoms with Crippen molar-refractivity contribution in [2.45, 2.75) is 0 Å². The molecule has 0 aliphatic heterocycles. The molecule has 5 nitrogen and oxygen atoms in total. The number of nitrogens with zero attached hydrogens (tertiary/aromatic N) is 3. The molecule has 0 saturated heterocycles. The molecule has 0 amide bonds. The number of para-hydroxylation sites is 3. The lowest BCUT2D eigenvalue weighted by Crippen LogP contribution is -2.11. The molecule has 4 aromatic heterocycles. The zero-order chi connectivity index (χ0) is 36.0. The van der Waals surface area contributed by atoms with Gasteiger partial charge in [-0.25, -0.2) is 4.98 Å². The Kier molecular flexibility index (Phi) is 6.44. The summed E-state index contributed by atoms with van der Waals surface area (Å²) < 4.78 is 18.4. The second-order valence-electron chi connectivity index (χ2n) is 13.9. The maximum absolute atomic E-state index is 6.87. The Labute approximate surface area is 318 Å². The van der Waals surface area contributed by atoms with Crippen LogP contribution in [0.15, 0.2) is 185 Å². The fraction of sp³-hybridized carbons (Fsp3) is 0. The van der Waals surface area contributed by atoms with Gasteiger partial charge >= 0.3 is 0 Å². The lowest BCUT2D eigenvalue weighted by atomic mass is 10.1. The van der Waals surface area contributed by atoms with Gasteiger partial charge in [0.2, 0.25) is 5.89 Å². The Morgan fingerprint density at radius 3 is 1.98 bits per heavy atom. The van der Waals surface area contributed by atoms with Gasteiger partial charge in [-0.1, -0.05) is 103 Å². The summed E-state index contributed by atoms with van der Waals surface area (Å²) in [5, 5.41) is 6.89. The second kappa shape index (κ2) is 11.7. The highest BCUT2D eigenvalue weighted by molar-refractivity contribution is 7.25. The molecule has 0 unspecified atom stereocenters. The minimum atomic E-state index is 0.563. The maximum Gasteiger partial charge on any atom is 0.227 e. The molecule has 0 saturated carbocycles. The van der Waals surface area contributed by atoms with Crippen LogP contribution in [0.4, 0.5) is 17.1 Å². The van der Waals surface area contributed by atoms with Gasteiger partial charge in [-0.05, 0) is 72.8 Å². The number of rotatable bonds is 5. The summed E-state index contributed by atoms with van der Waals surface area (Å²) in [4.78, 5) is 7.58. The van der Waals surface area contributed by atoms with E-state index in [2.05, 4.69) is 143 Å². The molecule has 0 aliphatic carbocycles. The Morgan fingerprint density at radius 2 is 1.13 bits per heavy atom. The first-order valence-corrected chi connectivity index (χ1v) is 19.2. The summed E-state index contributed by atoms with van der Waals surface area (Å²) in [7, 11) is 0. The summed E-state index contributed by atoms with van der Waals surface area (Å²) in [5.41, 5.74) is 10.1. The van der Waals surface area contributed by atoms with E-state index in [0.717, 1.165) is 66.8 Å². The lowest BCUT2D eigenvalue weighted by Gasteiger charge is -2.26. The van der Waals surface area contributed by atoms with Crippen molar-refractivity contribution in [2.24, 2.45) is 0 Å². The summed E-state index contributed by atoms with van der Waals surface area (Å²) in [5.74, 6) is 0.563. The average Bonchev–Trinajstić information content (AvgIpc) is 4.01. The van der Waals surface area contributed by atoms with E-state index in [1.807, 2.05) is 53.8 Å². The van der Waals surface area contributed by atoms with Gasteiger partial charge in [-0.3, -0.25) is 0 Å². The van der Waals surface area contributed by atoms with E-state index < -0.39 is 0 Å². The van der Waals surface area contributed by atoms with Crippen LogP contribution in [0, 0.1) is 0 Å². The lowest BCUT2D eigenvalue weighted by molar-refractivity contribution is 0.620. The molecule has 0 spiro atoms. The molecular formula is C49H29N3O2S. The minimum absolute atomic E-state index is 0.563. The number of anilines is 3. The molecule has 6 heteroatoms. The molecule has 258 valence electrons. The van der Waals surface area contributed by atoms with Crippen molar-refractivity contribution in [1.82, 2.24) is 9.55 Å². The zero-order valence-electron chi connectivity index (χ0n) is 29.3. The number of fused-ring (bicyclic) bond motifs is 10. The number of thiophene rings is 1. The van der Waals surface area contributed by atoms with Crippen LogP contribution in [-0.4, -0.2) is 9.55 Å². The van der Waals surface area contributed by atoms with Crippen molar-refractivity contribution < 1.29 is 8.83 Å². The number of benzene rings is 8. The van der Waals surface area contributed by atoms with Gasteiger partial charge < -0.3 is 18.3 Å². The average molecular weight is 724 g/mol. The van der Waals surface area contributed by atoms with Crippen molar-refractivity contribution in [3.05, 3.63) is 176 Å². The maximum atomic E-state index is 6.87. The fourth-order valence-corrected chi connectivity index (χ4v) is 9.49. The number of hydrogen-bond acceptors (Lipinski definition) is 5. The number of furan rings is 1. The molecular weight excluding hydrogens is 695 g/mol. The summed E-state index contributed by atoms with van der Waals surface area (Å²) >= 11 is 1.81. The van der Waals surface area contributed by atoms with Crippen LogP contribution < -0.4 is 4.90 Å². The minimum Gasteiger partial charge on any atom is -0.454 e. The van der Waals surface area contributed by atoms with Crippen molar-refractivity contribution in [3.63, 3.8) is 0 Å². The van der Waals surface area contributed by atoms with Gasteiger partial charge in [0.15, 0.2) is 11.2 Å². The molecule has 4 heterocycles. The predicted molar refractivity (Wildman–Crippen MR) is 229 cm³/mol. The molecule has 0 atom stereocenters. The van der Waals surface area contributed by atoms with Gasteiger partial charge in [0.1, 0.15) is 16.8 Å². The molecule has 12 aromatic rings. The van der Waals surface area contributed by atoms with E-state index in [1.54, 1.807) is 0 Å². The first-order chi connectivity index (χ1) is 27.3. The van der Waals surface area contributed by atoms with Crippen LogP contribution in [0.3, 0.4) is 0 Å². The van der Waals surface area contributed by atoms with Crippen LogP contribution in [0.25, 0.3) is 92.2 Å². The molecule has 0 fully saturated rings. The number of hydrogen-bond donors (Lipinski definition) is 0. The highest BCUT2D eigenvalue weighted by Gasteiger charge is 2.27. The van der Waals surface area contributed by atoms with Crippen molar-refractivity contribution in [1.29, 1.82) is 0 Å². The first-order valence-electron chi connectivity index (χ1n) is 18.4. The summed E-state index contributed by atoms with van der Waals surface area (Å²) in [6.07, 6.45) is 0. The predicted octanol–water partition coefficient (Wildman–Crippen LogP) is 14.3. The third-order valence-corrected chi connectivity index (χ3v) is 11.9. The van der Waals surface area contributed by atoms with Crippen molar-refractivity contribution in [3.8, 4) is 17.1 Å². The first kappa shape index (κ1) is 30.3. The third-order valence-electron chi connectivity index (χ3n) is 10.8. The van der Waals surface area contributed by atoms with Crippen LogP contribution in [-0.2, 0) is 0 Å². The number of oxazole rings is 1. The molecule has 0 radical (unpaired) electrons. The molecule has 0 bridgehead atoms. The van der Waals surface area contributed by atoms with Crippen molar-refractivity contribution >= 4 is 103 Å². The molecule has 0 aliphatic rings. The SMILES string of the molecule is c1ccc(-c2nc3c(N(c4ccc5c(c4)sc4ccccc45)c4ccc5c6ccccc6n(-c6ccccc6)c5c4)c4oc5ccccc5c4cc3o2)cc1. The normalized spacial score (nSPS) is 12.0. The van der Waals surface area contributed by atoms with Crippen LogP contribution >= 0.6 is 11.3 Å². The fourth-order valence-electron chi connectivity index (χ4n) is 8.35. The van der Waals surface area contributed by atoms with E-state index in [9.17, 15) is 0 Å². The van der Waals surface area contributed by atoms with Crippen LogP contribution in [0.5, 0.6) is 0 Å².